The van der Waals surface area contributed by atoms with Crippen molar-refractivity contribution in [3.63, 3.8) is 0 Å². The second kappa shape index (κ2) is 4.65. The lowest BCUT2D eigenvalue weighted by molar-refractivity contribution is 0.345. The lowest BCUT2D eigenvalue weighted by atomic mass is 9.76. The van der Waals surface area contributed by atoms with E-state index in [1.807, 2.05) is 12.1 Å². The summed E-state index contributed by atoms with van der Waals surface area (Å²) < 4.78 is 2.19. The molecule has 1 N–H and O–H groups in total. The summed E-state index contributed by atoms with van der Waals surface area (Å²) in [5.41, 5.74) is 4.21. The molecule has 0 spiro atoms. The summed E-state index contributed by atoms with van der Waals surface area (Å²) in [6.07, 6.45) is 7.67. The van der Waals surface area contributed by atoms with Crippen LogP contribution in [-0.2, 0) is 6.42 Å². The highest BCUT2D eigenvalue weighted by Crippen LogP contribution is 2.41. The van der Waals surface area contributed by atoms with E-state index in [2.05, 4.69) is 44.5 Å². The molecule has 1 fully saturated rings. The molecule has 1 saturated heterocycles. The number of rotatable bonds is 1. The summed E-state index contributed by atoms with van der Waals surface area (Å²) in [5.74, 6) is 1.55. The van der Waals surface area contributed by atoms with Crippen LogP contribution in [0, 0.1) is 0 Å². The zero-order valence-corrected chi connectivity index (χ0v) is 12.4. The van der Waals surface area contributed by atoms with Crippen LogP contribution >= 0.6 is 0 Å². The van der Waals surface area contributed by atoms with Crippen molar-refractivity contribution in [3.8, 4) is 5.82 Å². The molecular formula is C18H18N4. The van der Waals surface area contributed by atoms with Gasteiger partial charge in [0.1, 0.15) is 0 Å². The van der Waals surface area contributed by atoms with Crippen LogP contribution in [0.15, 0.2) is 42.7 Å². The monoisotopic (exact) mass is 290 g/mol. The van der Waals surface area contributed by atoms with Crippen LogP contribution in [0.2, 0.25) is 0 Å². The van der Waals surface area contributed by atoms with E-state index in [9.17, 15) is 0 Å². The zero-order valence-electron chi connectivity index (χ0n) is 12.4. The maximum Gasteiger partial charge on any atom is 0.159 e. The fourth-order valence-corrected chi connectivity index (χ4v) is 4.25. The van der Waals surface area contributed by atoms with Crippen LogP contribution < -0.4 is 5.32 Å². The summed E-state index contributed by atoms with van der Waals surface area (Å²) in [7, 11) is 0. The third-order valence-electron chi connectivity index (χ3n) is 5.17. The Morgan fingerprint density at radius 1 is 1.18 bits per heavy atom. The van der Waals surface area contributed by atoms with Crippen molar-refractivity contribution in [3.05, 3.63) is 53.9 Å². The second-order valence-corrected chi connectivity index (χ2v) is 6.36. The molecule has 0 unspecified atom stereocenters. The number of hydrogen-bond donors (Lipinski definition) is 1. The summed E-state index contributed by atoms with van der Waals surface area (Å²) >= 11 is 0. The molecule has 4 nitrogen and oxygen atoms in total. The van der Waals surface area contributed by atoms with Crippen LogP contribution in [0.25, 0.3) is 16.7 Å². The highest BCUT2D eigenvalue weighted by atomic mass is 15.2. The Bertz CT molecular complexity index is 837. The minimum atomic E-state index is 0.588. The van der Waals surface area contributed by atoms with Gasteiger partial charge in [-0.05, 0) is 55.1 Å². The van der Waals surface area contributed by atoms with Gasteiger partial charge in [0.05, 0.1) is 5.52 Å². The van der Waals surface area contributed by atoms with E-state index in [0.29, 0.717) is 12.0 Å². The van der Waals surface area contributed by atoms with Gasteiger partial charge in [-0.2, -0.15) is 5.10 Å². The number of nitrogens with one attached hydrogen (secondary N) is 1. The molecule has 5 rings (SSSR count). The molecule has 2 aromatic heterocycles. The minimum absolute atomic E-state index is 0.588. The van der Waals surface area contributed by atoms with E-state index >= 15 is 0 Å². The topological polar surface area (TPSA) is 42.7 Å². The molecular weight excluding hydrogens is 272 g/mol. The third-order valence-corrected chi connectivity index (χ3v) is 5.17. The minimum Gasteiger partial charge on any atom is -0.313 e. The number of fused-ring (bicyclic) bond motifs is 2. The van der Waals surface area contributed by atoms with Crippen molar-refractivity contribution in [1.82, 2.24) is 20.1 Å². The van der Waals surface area contributed by atoms with E-state index in [4.69, 9.17) is 0 Å². The van der Waals surface area contributed by atoms with Gasteiger partial charge < -0.3 is 5.32 Å². The lowest BCUT2D eigenvalue weighted by Crippen LogP contribution is -2.43. The molecule has 2 aliphatic rings. The molecule has 110 valence electrons. The molecule has 0 bridgehead atoms. The zero-order chi connectivity index (χ0) is 14.5. The number of benzene rings is 1. The maximum absolute atomic E-state index is 4.28. The molecule has 0 radical (unpaired) electrons. The molecule has 4 heteroatoms. The molecule has 22 heavy (non-hydrogen) atoms. The van der Waals surface area contributed by atoms with E-state index in [1.165, 1.54) is 34.9 Å². The summed E-state index contributed by atoms with van der Waals surface area (Å²) in [5, 5.41) is 13.5. The quantitative estimate of drug-likeness (QED) is 0.749. The fourth-order valence-electron chi connectivity index (χ4n) is 4.25. The molecule has 3 heterocycles. The van der Waals surface area contributed by atoms with Crippen molar-refractivity contribution in [2.75, 3.05) is 6.54 Å². The first kappa shape index (κ1) is 12.4. The molecule has 2 atom stereocenters. The Hall–Kier alpha value is -2.20. The van der Waals surface area contributed by atoms with Crippen molar-refractivity contribution in [2.24, 2.45) is 0 Å². The molecule has 1 aliphatic carbocycles. The lowest BCUT2D eigenvalue weighted by Gasteiger charge is -2.36. The Labute approximate surface area is 129 Å². The smallest absolute Gasteiger partial charge is 0.159 e. The number of hydrogen-bond acceptors (Lipinski definition) is 3. The standard InChI is InChI=1S/C18H18N4/c1-4-14-13-5-2-8-19-15(13)10-12-11-22(16(6-1)18(12)14)17-7-3-9-20-21-17/h1,3-4,6-7,9,11,13,15,19H,2,5,8,10H2/t13-,15-/m1/s1. The van der Waals surface area contributed by atoms with Crippen molar-refractivity contribution in [2.45, 2.75) is 31.2 Å². The SMILES string of the molecule is c1cnnc(-n2cc3c4c(cccc42)[C@H]2CCCN[C@@H]2C3)c1. The number of aromatic nitrogens is 3. The fraction of sp³-hybridized carbons (Fsp3) is 0.333. The van der Waals surface area contributed by atoms with Gasteiger partial charge in [0.2, 0.25) is 0 Å². The van der Waals surface area contributed by atoms with Crippen molar-refractivity contribution < 1.29 is 0 Å². The predicted molar refractivity (Wildman–Crippen MR) is 86.3 cm³/mol. The van der Waals surface area contributed by atoms with Crippen LogP contribution in [0.3, 0.4) is 0 Å². The highest BCUT2D eigenvalue weighted by molar-refractivity contribution is 5.90. The average molecular weight is 290 g/mol. The molecule has 0 amide bonds. The molecule has 0 saturated carbocycles. The highest BCUT2D eigenvalue weighted by Gasteiger charge is 2.33. The molecule has 1 aliphatic heterocycles. The van der Waals surface area contributed by atoms with Gasteiger partial charge in [0.15, 0.2) is 5.82 Å². The van der Waals surface area contributed by atoms with Crippen LogP contribution in [-0.4, -0.2) is 27.4 Å². The Morgan fingerprint density at radius 3 is 3.09 bits per heavy atom. The first-order valence-electron chi connectivity index (χ1n) is 8.06. The Morgan fingerprint density at radius 2 is 2.18 bits per heavy atom. The summed E-state index contributed by atoms with van der Waals surface area (Å²) in [6, 6.07) is 11.3. The average Bonchev–Trinajstić information content (AvgIpc) is 2.96. The Balaban J connectivity index is 1.76. The molecule has 3 aromatic rings. The van der Waals surface area contributed by atoms with Gasteiger partial charge in [-0.15, -0.1) is 5.10 Å². The van der Waals surface area contributed by atoms with Crippen molar-refractivity contribution >= 4 is 10.9 Å². The van der Waals surface area contributed by atoms with Gasteiger partial charge in [-0.1, -0.05) is 12.1 Å². The third kappa shape index (κ3) is 1.67. The normalized spacial score (nSPS) is 23.5. The van der Waals surface area contributed by atoms with Gasteiger partial charge in [0.25, 0.3) is 0 Å². The van der Waals surface area contributed by atoms with Gasteiger partial charge in [0, 0.05) is 29.7 Å². The van der Waals surface area contributed by atoms with Gasteiger partial charge >= 0.3 is 0 Å². The van der Waals surface area contributed by atoms with Gasteiger partial charge in [-0.25, -0.2) is 0 Å². The Kier molecular flexibility index (Phi) is 2.61. The summed E-state index contributed by atoms with van der Waals surface area (Å²) in [4.78, 5) is 0. The van der Waals surface area contributed by atoms with Gasteiger partial charge in [-0.3, -0.25) is 4.57 Å². The van der Waals surface area contributed by atoms with E-state index in [1.54, 1.807) is 6.20 Å². The first-order chi connectivity index (χ1) is 10.9. The van der Waals surface area contributed by atoms with E-state index in [0.717, 1.165) is 18.8 Å². The van der Waals surface area contributed by atoms with Crippen LogP contribution in [0.5, 0.6) is 0 Å². The largest absolute Gasteiger partial charge is 0.313 e. The second-order valence-electron chi connectivity index (χ2n) is 6.36. The van der Waals surface area contributed by atoms with Crippen LogP contribution in [0.1, 0.15) is 29.9 Å². The van der Waals surface area contributed by atoms with Crippen LogP contribution in [0.4, 0.5) is 0 Å². The summed E-state index contributed by atoms with van der Waals surface area (Å²) in [6.45, 7) is 1.15. The van der Waals surface area contributed by atoms with Crippen molar-refractivity contribution in [1.29, 1.82) is 0 Å². The van der Waals surface area contributed by atoms with E-state index < -0.39 is 0 Å². The number of nitrogens with zero attached hydrogens (tertiary/aromatic N) is 3. The molecule has 1 aromatic carbocycles. The predicted octanol–water partition coefficient (Wildman–Crippen LogP) is 2.81. The van der Waals surface area contributed by atoms with E-state index in [-0.39, 0.29) is 0 Å². The first-order valence-corrected chi connectivity index (χ1v) is 8.06. The maximum atomic E-state index is 4.28. The number of piperidine rings is 1.